The van der Waals surface area contributed by atoms with Gasteiger partial charge in [-0.2, -0.15) is 10.1 Å². The van der Waals surface area contributed by atoms with Gasteiger partial charge in [-0.1, -0.05) is 6.92 Å². The van der Waals surface area contributed by atoms with Crippen LogP contribution in [0.1, 0.15) is 39.7 Å². The van der Waals surface area contributed by atoms with Crippen LogP contribution in [0.15, 0.2) is 24.5 Å². The zero-order valence-electron chi connectivity index (χ0n) is 21.0. The lowest BCUT2D eigenvalue weighted by atomic mass is 9.78. The van der Waals surface area contributed by atoms with Crippen LogP contribution < -0.4 is 15.1 Å². The standard InChI is InChI=1S/C25H33FN8O2/c1-4-16(2)34-18-9-21(28-10-17(18)22(31-34)33-12-25(13-33)14-36-15-25)29-20-5-7-27-23(30-20)32-8-6-24(3,35)19(26)11-32/h5,7,9-10,16,19,35H,4,6,8,11-15H2,1-3H3,(H,27,28,29,30). The first-order valence-corrected chi connectivity index (χ1v) is 12.7. The van der Waals surface area contributed by atoms with E-state index >= 15 is 0 Å². The predicted octanol–water partition coefficient (Wildman–Crippen LogP) is 3.07. The van der Waals surface area contributed by atoms with E-state index in [4.69, 9.17) is 9.84 Å². The number of piperidine rings is 1. The normalized spacial score (nSPS) is 26.1. The van der Waals surface area contributed by atoms with Gasteiger partial charge in [0.2, 0.25) is 5.95 Å². The zero-order valence-corrected chi connectivity index (χ0v) is 21.0. The van der Waals surface area contributed by atoms with Crippen LogP contribution in [-0.4, -0.2) is 81.0 Å². The Morgan fingerprint density at radius 3 is 2.75 bits per heavy atom. The van der Waals surface area contributed by atoms with Gasteiger partial charge >= 0.3 is 0 Å². The van der Waals surface area contributed by atoms with Crippen LogP contribution in [0.25, 0.3) is 10.9 Å². The summed E-state index contributed by atoms with van der Waals surface area (Å²) in [4.78, 5) is 17.7. The number of hydrogen-bond acceptors (Lipinski definition) is 9. The van der Waals surface area contributed by atoms with E-state index < -0.39 is 11.8 Å². The second-order valence-electron chi connectivity index (χ2n) is 10.8. The van der Waals surface area contributed by atoms with Crippen molar-refractivity contribution in [3.05, 3.63) is 24.5 Å². The maximum atomic E-state index is 14.4. The van der Waals surface area contributed by atoms with E-state index in [0.29, 0.717) is 36.0 Å². The first kappa shape index (κ1) is 23.4. The molecule has 3 unspecified atom stereocenters. The molecule has 192 valence electrons. The first-order chi connectivity index (χ1) is 17.3. The number of aliphatic hydroxyl groups is 1. The van der Waals surface area contributed by atoms with E-state index in [1.165, 1.54) is 6.92 Å². The van der Waals surface area contributed by atoms with Crippen LogP contribution in [0, 0.1) is 5.41 Å². The highest BCUT2D eigenvalue weighted by Crippen LogP contribution is 2.42. The lowest BCUT2D eigenvalue weighted by molar-refractivity contribution is -0.127. The fourth-order valence-corrected chi connectivity index (χ4v) is 5.20. The molecule has 0 saturated carbocycles. The largest absolute Gasteiger partial charge is 0.387 e. The highest BCUT2D eigenvalue weighted by molar-refractivity contribution is 5.92. The molecule has 3 aliphatic heterocycles. The van der Waals surface area contributed by atoms with E-state index in [1.54, 1.807) is 17.2 Å². The molecule has 0 aliphatic carbocycles. The van der Waals surface area contributed by atoms with Gasteiger partial charge in [-0.25, -0.2) is 14.4 Å². The molecule has 11 heteroatoms. The average molecular weight is 497 g/mol. The Hall–Kier alpha value is -3.05. The minimum absolute atomic E-state index is 0.0570. The molecule has 3 aromatic heterocycles. The van der Waals surface area contributed by atoms with Crippen molar-refractivity contribution in [1.29, 1.82) is 0 Å². The summed E-state index contributed by atoms with van der Waals surface area (Å²) in [6.07, 6.45) is 3.45. The molecule has 3 aromatic rings. The maximum absolute atomic E-state index is 14.4. The van der Waals surface area contributed by atoms with Crippen LogP contribution in [0.5, 0.6) is 0 Å². The Labute approximate surface area is 209 Å². The number of pyridine rings is 1. The summed E-state index contributed by atoms with van der Waals surface area (Å²) in [5, 5.41) is 19.5. The highest BCUT2D eigenvalue weighted by atomic mass is 19.1. The number of ether oxygens (including phenoxy) is 1. The Kier molecular flexibility index (Phi) is 5.52. The SMILES string of the molecule is CCC(C)n1nc(N2CC3(COC3)C2)c2cnc(Nc3ccnc(N4CCC(C)(O)C(F)C4)n3)cc21. The van der Waals surface area contributed by atoms with E-state index in [0.717, 1.165) is 49.4 Å². The number of aromatic nitrogens is 5. The number of nitrogens with one attached hydrogen (secondary N) is 1. The van der Waals surface area contributed by atoms with Gasteiger partial charge in [0.1, 0.15) is 17.8 Å². The minimum Gasteiger partial charge on any atom is -0.387 e. The van der Waals surface area contributed by atoms with Gasteiger partial charge < -0.3 is 25.0 Å². The molecule has 10 nitrogen and oxygen atoms in total. The van der Waals surface area contributed by atoms with Gasteiger partial charge in [-0.05, 0) is 32.8 Å². The number of nitrogens with zero attached hydrogens (tertiary/aromatic N) is 7. The molecule has 0 bridgehead atoms. The molecule has 36 heavy (non-hydrogen) atoms. The monoisotopic (exact) mass is 496 g/mol. The van der Waals surface area contributed by atoms with Crippen molar-refractivity contribution < 1.29 is 14.2 Å². The smallest absolute Gasteiger partial charge is 0.227 e. The van der Waals surface area contributed by atoms with Crippen LogP contribution >= 0.6 is 0 Å². The third-order valence-corrected chi connectivity index (χ3v) is 7.87. The molecule has 3 saturated heterocycles. The summed E-state index contributed by atoms with van der Waals surface area (Å²) < 4.78 is 21.9. The maximum Gasteiger partial charge on any atom is 0.227 e. The Morgan fingerprint density at radius 2 is 2.06 bits per heavy atom. The van der Waals surface area contributed by atoms with E-state index in [2.05, 4.69) is 43.7 Å². The number of rotatable bonds is 6. The van der Waals surface area contributed by atoms with Crippen molar-refractivity contribution in [1.82, 2.24) is 24.7 Å². The van der Waals surface area contributed by atoms with Crippen molar-refractivity contribution >= 4 is 34.3 Å². The predicted molar refractivity (Wildman–Crippen MR) is 136 cm³/mol. The van der Waals surface area contributed by atoms with Crippen LogP contribution in [0.2, 0.25) is 0 Å². The Morgan fingerprint density at radius 1 is 1.25 bits per heavy atom. The number of anilines is 4. The molecule has 2 N–H and O–H groups in total. The topological polar surface area (TPSA) is 104 Å². The molecule has 0 aromatic carbocycles. The summed E-state index contributed by atoms with van der Waals surface area (Å²) in [6.45, 7) is 10.0. The van der Waals surface area contributed by atoms with Crippen molar-refractivity contribution in [2.75, 3.05) is 54.5 Å². The third kappa shape index (κ3) is 3.94. The second kappa shape index (κ2) is 8.52. The van der Waals surface area contributed by atoms with Gasteiger partial charge in [0.05, 0.1) is 41.7 Å². The number of fused-ring (bicyclic) bond motifs is 1. The van der Waals surface area contributed by atoms with Gasteiger partial charge in [-0.15, -0.1) is 0 Å². The lowest BCUT2D eigenvalue weighted by Gasteiger charge is -2.55. The summed E-state index contributed by atoms with van der Waals surface area (Å²) in [5.41, 5.74) is 0.0135. The summed E-state index contributed by atoms with van der Waals surface area (Å²) in [7, 11) is 0. The van der Waals surface area contributed by atoms with Crippen molar-refractivity contribution in [3.63, 3.8) is 0 Å². The zero-order chi connectivity index (χ0) is 25.1. The van der Waals surface area contributed by atoms with Gasteiger partial charge in [-0.3, -0.25) is 4.68 Å². The molecule has 1 spiro atoms. The Bertz CT molecular complexity index is 1270. The fourth-order valence-electron chi connectivity index (χ4n) is 5.20. The minimum atomic E-state index is -1.36. The number of alkyl halides is 1. The van der Waals surface area contributed by atoms with Crippen LogP contribution in [0.3, 0.4) is 0 Å². The van der Waals surface area contributed by atoms with E-state index in [1.807, 2.05) is 12.3 Å². The molecule has 3 atom stereocenters. The second-order valence-corrected chi connectivity index (χ2v) is 10.8. The fraction of sp³-hybridized carbons (Fsp3) is 0.600. The molecule has 3 fully saturated rings. The number of halogens is 1. The Balaban J connectivity index is 1.25. The summed E-state index contributed by atoms with van der Waals surface area (Å²) >= 11 is 0. The molecular formula is C25H33FN8O2. The van der Waals surface area contributed by atoms with Crippen molar-refractivity contribution in [2.45, 2.75) is 51.4 Å². The summed E-state index contributed by atoms with van der Waals surface area (Å²) in [5.74, 6) is 2.63. The quantitative estimate of drug-likeness (QED) is 0.533. The van der Waals surface area contributed by atoms with Gasteiger partial charge in [0, 0.05) is 44.1 Å². The molecule has 3 aliphatic rings. The van der Waals surface area contributed by atoms with E-state index in [-0.39, 0.29) is 12.6 Å². The van der Waals surface area contributed by atoms with Crippen LogP contribution in [0.4, 0.5) is 27.8 Å². The molecular weight excluding hydrogens is 463 g/mol. The van der Waals surface area contributed by atoms with E-state index in [9.17, 15) is 9.50 Å². The third-order valence-electron chi connectivity index (χ3n) is 7.87. The van der Waals surface area contributed by atoms with Crippen molar-refractivity contribution in [3.8, 4) is 0 Å². The molecule has 0 radical (unpaired) electrons. The van der Waals surface area contributed by atoms with Gasteiger partial charge in [0.15, 0.2) is 5.82 Å². The van der Waals surface area contributed by atoms with Crippen molar-refractivity contribution in [2.24, 2.45) is 5.41 Å². The molecule has 6 rings (SSSR count). The first-order valence-electron chi connectivity index (χ1n) is 12.7. The number of hydrogen-bond donors (Lipinski definition) is 2. The molecule has 0 amide bonds. The highest BCUT2D eigenvalue weighted by Gasteiger charge is 2.50. The summed E-state index contributed by atoms with van der Waals surface area (Å²) in [6, 6.07) is 4.02. The molecule has 6 heterocycles. The van der Waals surface area contributed by atoms with Crippen LogP contribution in [-0.2, 0) is 4.74 Å². The van der Waals surface area contributed by atoms with Gasteiger partial charge in [0.25, 0.3) is 0 Å². The average Bonchev–Trinajstić information content (AvgIpc) is 3.17. The lowest BCUT2D eigenvalue weighted by Crippen LogP contribution is -2.66.